The summed E-state index contributed by atoms with van der Waals surface area (Å²) in [6.07, 6.45) is 7.84. The van der Waals surface area contributed by atoms with Gasteiger partial charge in [0, 0.05) is 18.3 Å². The van der Waals surface area contributed by atoms with Gasteiger partial charge in [0.25, 0.3) is 0 Å². The molecule has 2 heterocycles. The maximum atomic E-state index is 11.9. The number of amides is 2. The van der Waals surface area contributed by atoms with E-state index in [2.05, 4.69) is 12.2 Å². The molecule has 0 bridgehead atoms. The van der Waals surface area contributed by atoms with Crippen LogP contribution in [0.25, 0.3) is 6.08 Å². The molecule has 4 heteroatoms. The minimum Gasteiger partial charge on any atom is -0.335 e. The molecule has 96 valence electrons. The Kier molecular flexibility index (Phi) is 3.65. The summed E-state index contributed by atoms with van der Waals surface area (Å²) in [6, 6.07) is 1.77. The third kappa shape index (κ3) is 2.23. The molecule has 0 radical (unpaired) electrons. The van der Waals surface area contributed by atoms with Crippen molar-refractivity contribution in [2.75, 3.05) is 0 Å². The Morgan fingerprint density at radius 3 is 2.89 bits per heavy atom. The number of piperidine rings is 1. The van der Waals surface area contributed by atoms with Crippen LogP contribution in [0.15, 0.2) is 18.3 Å². The number of nitrogens with one attached hydrogen (secondary N) is 1. The average Bonchev–Trinajstić information content (AvgIpc) is 2.73. The highest BCUT2D eigenvalue weighted by Crippen LogP contribution is 2.24. The quantitative estimate of drug-likeness (QED) is 0.830. The summed E-state index contributed by atoms with van der Waals surface area (Å²) < 4.78 is 1.97. The number of hydrogen-bond donors (Lipinski definition) is 1. The molecule has 1 saturated heterocycles. The van der Waals surface area contributed by atoms with Gasteiger partial charge in [0.05, 0.1) is 0 Å². The lowest BCUT2D eigenvalue weighted by Gasteiger charge is -2.24. The fourth-order valence-corrected chi connectivity index (χ4v) is 2.37. The third-order valence-electron chi connectivity index (χ3n) is 3.29. The molecule has 1 N–H and O–H groups in total. The van der Waals surface area contributed by atoms with E-state index < -0.39 is 0 Å². The average molecular weight is 246 g/mol. The first-order chi connectivity index (χ1) is 8.67. The predicted molar refractivity (Wildman–Crippen MR) is 69.9 cm³/mol. The lowest BCUT2D eigenvalue weighted by atomic mass is 10.1. The van der Waals surface area contributed by atoms with Gasteiger partial charge in [-0.1, -0.05) is 13.0 Å². The number of rotatable bonds is 3. The van der Waals surface area contributed by atoms with Crippen LogP contribution in [0.5, 0.6) is 0 Å². The summed E-state index contributed by atoms with van der Waals surface area (Å²) in [6.45, 7) is 4.05. The molecule has 1 aromatic heterocycles. The highest BCUT2D eigenvalue weighted by molar-refractivity contribution is 5.99. The van der Waals surface area contributed by atoms with Crippen molar-refractivity contribution in [1.29, 1.82) is 0 Å². The molecule has 1 aliphatic rings. The smallest absolute Gasteiger partial charge is 0.249 e. The second kappa shape index (κ2) is 5.21. The minimum atomic E-state index is -0.269. The van der Waals surface area contributed by atoms with Gasteiger partial charge in [-0.25, -0.2) is 0 Å². The molecular formula is C14H18N2O2. The van der Waals surface area contributed by atoms with Gasteiger partial charge in [0.2, 0.25) is 11.8 Å². The van der Waals surface area contributed by atoms with Crippen molar-refractivity contribution in [1.82, 2.24) is 9.88 Å². The lowest BCUT2D eigenvalue weighted by Crippen LogP contribution is -2.41. The van der Waals surface area contributed by atoms with Gasteiger partial charge in [-0.3, -0.25) is 14.9 Å². The predicted octanol–water partition coefficient (Wildman–Crippen LogP) is 2.06. The highest BCUT2D eigenvalue weighted by atomic mass is 16.2. The standard InChI is InChI=1S/C14H18N2O2/c1-3-5-11-10(4-2)8-9-16(11)12-6-7-13(17)15-14(12)18/h3,5,8-9,12H,4,6-7H2,1-2H3,(H,15,17,18)/b5-3-. The van der Waals surface area contributed by atoms with Gasteiger partial charge in [-0.15, -0.1) is 0 Å². The van der Waals surface area contributed by atoms with Gasteiger partial charge in [-0.05, 0) is 37.5 Å². The first kappa shape index (κ1) is 12.6. The topological polar surface area (TPSA) is 51.1 Å². The molecule has 2 rings (SSSR count). The summed E-state index contributed by atoms with van der Waals surface area (Å²) in [4.78, 5) is 23.0. The molecule has 1 aliphatic heterocycles. The molecule has 0 spiro atoms. The molecule has 1 fully saturated rings. The van der Waals surface area contributed by atoms with Crippen LogP contribution in [-0.4, -0.2) is 16.4 Å². The van der Waals surface area contributed by atoms with E-state index in [1.807, 2.05) is 35.9 Å². The molecule has 4 nitrogen and oxygen atoms in total. The molecule has 2 amide bonds. The Morgan fingerprint density at radius 2 is 2.28 bits per heavy atom. The van der Waals surface area contributed by atoms with Gasteiger partial charge in [-0.2, -0.15) is 0 Å². The minimum absolute atomic E-state index is 0.174. The Hall–Kier alpha value is -1.84. The summed E-state index contributed by atoms with van der Waals surface area (Å²) in [5.41, 5.74) is 2.28. The number of aromatic nitrogens is 1. The Morgan fingerprint density at radius 1 is 1.50 bits per heavy atom. The lowest BCUT2D eigenvalue weighted by molar-refractivity contribution is -0.135. The summed E-state index contributed by atoms with van der Waals surface area (Å²) >= 11 is 0. The molecule has 0 saturated carbocycles. The largest absolute Gasteiger partial charge is 0.335 e. The van der Waals surface area contributed by atoms with Crippen molar-refractivity contribution in [2.45, 2.75) is 39.2 Å². The van der Waals surface area contributed by atoms with E-state index in [1.54, 1.807) is 0 Å². The summed E-state index contributed by atoms with van der Waals surface area (Å²) in [7, 11) is 0. The Labute approximate surface area is 107 Å². The number of nitrogens with zero attached hydrogens (tertiary/aromatic N) is 1. The summed E-state index contributed by atoms with van der Waals surface area (Å²) in [5.74, 6) is -0.373. The van der Waals surface area contributed by atoms with Crippen LogP contribution in [0, 0.1) is 0 Å². The van der Waals surface area contributed by atoms with Crippen LogP contribution in [0.2, 0.25) is 0 Å². The number of hydrogen-bond acceptors (Lipinski definition) is 2. The van der Waals surface area contributed by atoms with E-state index in [1.165, 1.54) is 5.56 Å². The van der Waals surface area contributed by atoms with Crippen LogP contribution < -0.4 is 5.32 Å². The summed E-state index contributed by atoms with van der Waals surface area (Å²) in [5, 5.41) is 2.40. The van der Waals surface area contributed by atoms with Crippen molar-refractivity contribution in [2.24, 2.45) is 0 Å². The number of carbonyl (C=O) groups excluding carboxylic acids is 2. The first-order valence-electron chi connectivity index (χ1n) is 6.33. The zero-order chi connectivity index (χ0) is 13.1. The van der Waals surface area contributed by atoms with E-state index in [9.17, 15) is 9.59 Å². The molecule has 1 aromatic rings. The van der Waals surface area contributed by atoms with Crippen LogP contribution in [0.3, 0.4) is 0 Å². The molecule has 0 aliphatic carbocycles. The molecular weight excluding hydrogens is 228 g/mol. The number of allylic oxidation sites excluding steroid dienone is 1. The zero-order valence-corrected chi connectivity index (χ0v) is 10.8. The number of carbonyl (C=O) groups is 2. The normalized spacial score (nSPS) is 20.4. The number of aryl methyl sites for hydroxylation is 1. The Balaban J connectivity index is 2.35. The monoisotopic (exact) mass is 246 g/mol. The third-order valence-corrected chi connectivity index (χ3v) is 3.29. The first-order valence-corrected chi connectivity index (χ1v) is 6.33. The van der Waals surface area contributed by atoms with Crippen LogP contribution in [0.4, 0.5) is 0 Å². The van der Waals surface area contributed by atoms with Crippen molar-refractivity contribution >= 4 is 17.9 Å². The van der Waals surface area contributed by atoms with Gasteiger partial charge < -0.3 is 4.57 Å². The van der Waals surface area contributed by atoms with E-state index >= 15 is 0 Å². The number of imide groups is 1. The second-order valence-electron chi connectivity index (χ2n) is 4.45. The van der Waals surface area contributed by atoms with Gasteiger partial charge >= 0.3 is 0 Å². The van der Waals surface area contributed by atoms with Crippen LogP contribution in [-0.2, 0) is 16.0 Å². The fourth-order valence-electron chi connectivity index (χ4n) is 2.37. The van der Waals surface area contributed by atoms with Gasteiger partial charge in [0.1, 0.15) is 6.04 Å². The van der Waals surface area contributed by atoms with Crippen molar-refractivity contribution in [3.8, 4) is 0 Å². The molecule has 1 atom stereocenters. The zero-order valence-electron chi connectivity index (χ0n) is 10.8. The van der Waals surface area contributed by atoms with Crippen molar-refractivity contribution in [3.05, 3.63) is 29.6 Å². The Bertz CT molecular complexity index is 500. The molecule has 1 unspecified atom stereocenters. The highest BCUT2D eigenvalue weighted by Gasteiger charge is 2.28. The van der Waals surface area contributed by atoms with Crippen LogP contribution >= 0.6 is 0 Å². The fraction of sp³-hybridized carbons (Fsp3) is 0.429. The van der Waals surface area contributed by atoms with E-state index in [0.29, 0.717) is 12.8 Å². The maximum absolute atomic E-state index is 11.9. The van der Waals surface area contributed by atoms with Crippen molar-refractivity contribution < 1.29 is 9.59 Å². The molecule has 18 heavy (non-hydrogen) atoms. The SMILES string of the molecule is C/C=C\c1c(CC)ccn1C1CCC(=O)NC1=O. The van der Waals surface area contributed by atoms with E-state index in [0.717, 1.165) is 12.1 Å². The second-order valence-corrected chi connectivity index (χ2v) is 4.45. The van der Waals surface area contributed by atoms with Gasteiger partial charge in [0.15, 0.2) is 0 Å². The van der Waals surface area contributed by atoms with E-state index in [4.69, 9.17) is 0 Å². The maximum Gasteiger partial charge on any atom is 0.249 e. The molecule has 0 aromatic carbocycles. The van der Waals surface area contributed by atoms with E-state index in [-0.39, 0.29) is 17.9 Å². The van der Waals surface area contributed by atoms with Crippen molar-refractivity contribution in [3.63, 3.8) is 0 Å². The van der Waals surface area contributed by atoms with Crippen LogP contribution in [0.1, 0.15) is 44.0 Å².